The second kappa shape index (κ2) is 19.7. The lowest BCUT2D eigenvalue weighted by atomic mass is 9.72. The lowest BCUT2D eigenvalue weighted by Crippen LogP contribution is -2.52. The van der Waals surface area contributed by atoms with E-state index in [0.29, 0.717) is 26.4 Å². The summed E-state index contributed by atoms with van der Waals surface area (Å²) in [5.74, 6) is 0.794. The molecule has 0 saturated carbocycles. The van der Waals surface area contributed by atoms with Crippen molar-refractivity contribution in [3.8, 4) is 22.6 Å². The summed E-state index contributed by atoms with van der Waals surface area (Å²) >= 11 is 0. The van der Waals surface area contributed by atoms with E-state index in [1.54, 1.807) is 0 Å². The normalized spacial score (nSPS) is 17.5. The van der Waals surface area contributed by atoms with Crippen molar-refractivity contribution in [2.45, 2.75) is 243 Å². The van der Waals surface area contributed by atoms with E-state index in [-0.39, 0.29) is 37.9 Å². The number of rotatable bonds is 5. The molecule has 1 spiro atoms. The Bertz CT molecular complexity index is 2950. The molecule has 2 aliphatic heterocycles. The second-order valence-electron chi connectivity index (χ2n) is 31.2. The first-order valence-electron chi connectivity index (χ1n) is 27.9. The molecule has 0 N–H and O–H groups in total. The Morgan fingerprint density at radius 2 is 0.724 bits per heavy atom. The lowest BCUT2D eigenvalue weighted by molar-refractivity contribution is -0.296. The van der Waals surface area contributed by atoms with Crippen LogP contribution in [0.5, 0.6) is 11.5 Å². The standard InChI is InChI=1S/C66H98O8P2/c1-39-45(59(9,10)11)33-49(63(21,22)23)55(73-75-69-37-66(38-70-75)35-67-65(27,28)68-36-66)51(39)52-40(2)46(60(12,13)14)34-50(64(24,25)26)56(52)74-76-71-53-43(29-41(57(3,4)5)31-47(53)61(15,16)17)44-30-42(58(6,7)8)32-48(54(44)72-76)62(18,19)20/h29-34H,35-38H2,1-28H3. The Labute approximate surface area is 462 Å². The molecule has 2 saturated heterocycles. The van der Waals surface area contributed by atoms with Crippen molar-refractivity contribution in [3.63, 3.8) is 0 Å². The van der Waals surface area contributed by atoms with Gasteiger partial charge >= 0.3 is 16.8 Å². The molecule has 420 valence electrons. The minimum Gasteiger partial charge on any atom is -0.426 e. The van der Waals surface area contributed by atoms with Gasteiger partial charge in [0.15, 0.2) is 5.79 Å². The van der Waals surface area contributed by atoms with Gasteiger partial charge in [0.05, 0.1) is 31.8 Å². The zero-order valence-corrected chi connectivity index (χ0v) is 54.2. The van der Waals surface area contributed by atoms with Crippen LogP contribution in [0.1, 0.15) is 236 Å². The molecule has 8 nitrogen and oxygen atoms in total. The zero-order chi connectivity index (χ0) is 57.3. The molecule has 10 heteroatoms. The smallest absolute Gasteiger partial charge is 0.426 e. The average Bonchev–Trinajstić information content (AvgIpc) is 3.38. The predicted octanol–water partition coefficient (Wildman–Crippen LogP) is 20.2. The van der Waals surface area contributed by atoms with Crippen molar-refractivity contribution < 1.29 is 36.0 Å². The molecule has 0 aliphatic carbocycles. The number of fused-ring (bicyclic) bond motifs is 3. The van der Waals surface area contributed by atoms with Gasteiger partial charge in [0.2, 0.25) is 0 Å². The van der Waals surface area contributed by atoms with Crippen molar-refractivity contribution in [1.29, 1.82) is 0 Å². The summed E-state index contributed by atoms with van der Waals surface area (Å²) in [7, 11) is -4.04. The highest BCUT2D eigenvalue weighted by Crippen LogP contribution is 2.59. The molecule has 0 unspecified atom stereocenters. The number of hydrogen-bond acceptors (Lipinski definition) is 8. The summed E-state index contributed by atoms with van der Waals surface area (Å²) in [5, 5.41) is 2.05. The maximum atomic E-state index is 7.89. The van der Waals surface area contributed by atoms with E-state index < -0.39 is 33.5 Å². The molecule has 76 heavy (non-hydrogen) atoms. The van der Waals surface area contributed by atoms with Crippen molar-refractivity contribution in [2.24, 2.45) is 5.41 Å². The van der Waals surface area contributed by atoms with Crippen LogP contribution < -0.4 is 9.05 Å². The van der Waals surface area contributed by atoms with E-state index in [1.165, 1.54) is 22.3 Å². The summed E-state index contributed by atoms with van der Waals surface area (Å²) in [6, 6.07) is 14.2. The minimum absolute atomic E-state index is 0.140. The quantitative estimate of drug-likeness (QED) is 0.161. The topological polar surface area (TPSA) is 81.7 Å². The summed E-state index contributed by atoms with van der Waals surface area (Å²) in [6.45, 7) is 65.0. The predicted molar refractivity (Wildman–Crippen MR) is 321 cm³/mol. The molecule has 2 aliphatic rings. The maximum absolute atomic E-state index is 7.89. The third-order valence-corrected chi connectivity index (χ3v) is 17.5. The third kappa shape index (κ3) is 12.3. The van der Waals surface area contributed by atoms with Crippen LogP contribution in [-0.2, 0) is 61.8 Å². The van der Waals surface area contributed by atoms with E-state index in [1.807, 2.05) is 13.8 Å². The first kappa shape index (κ1) is 60.3. The van der Waals surface area contributed by atoms with Gasteiger partial charge in [0, 0.05) is 44.2 Å². The van der Waals surface area contributed by atoms with Gasteiger partial charge in [-0.3, -0.25) is 0 Å². The van der Waals surface area contributed by atoms with Gasteiger partial charge in [-0.2, -0.15) is 0 Å². The van der Waals surface area contributed by atoms with Gasteiger partial charge in [-0.25, -0.2) is 0 Å². The monoisotopic (exact) mass is 1080 g/mol. The number of ether oxygens (including phenoxy) is 2. The van der Waals surface area contributed by atoms with Crippen LogP contribution in [0.15, 0.2) is 44.8 Å². The largest absolute Gasteiger partial charge is 0.453 e. The molecule has 7 rings (SSSR count). The van der Waals surface area contributed by atoms with Gasteiger partial charge in [-0.15, -0.1) is 0 Å². The average molecular weight is 1080 g/mol. The number of hydrogen-bond donors (Lipinski definition) is 0. The molecular formula is C66H98O8P2. The first-order valence-corrected chi connectivity index (χ1v) is 30.0. The fourth-order valence-corrected chi connectivity index (χ4v) is 13.0. The first-order chi connectivity index (χ1) is 34.2. The van der Waals surface area contributed by atoms with Gasteiger partial charge in [-0.1, -0.05) is 190 Å². The van der Waals surface area contributed by atoms with E-state index in [0.717, 1.165) is 77.9 Å². The highest BCUT2D eigenvalue weighted by molar-refractivity contribution is 7.42. The summed E-state index contributed by atoms with van der Waals surface area (Å²) < 4.78 is 56.2. The zero-order valence-electron chi connectivity index (χ0n) is 52.5. The van der Waals surface area contributed by atoms with Crippen molar-refractivity contribution in [2.75, 3.05) is 26.4 Å². The molecule has 1 aromatic heterocycles. The molecular weight excluding hydrogens is 983 g/mol. The summed E-state index contributed by atoms with van der Waals surface area (Å²) in [6.07, 6.45) is 0. The molecule has 3 heterocycles. The van der Waals surface area contributed by atoms with Crippen LogP contribution in [0.25, 0.3) is 33.1 Å². The van der Waals surface area contributed by atoms with Gasteiger partial charge in [0.25, 0.3) is 0 Å². The molecule has 0 amide bonds. The Hall–Kier alpha value is -3.35. The molecule has 2 fully saturated rings. The van der Waals surface area contributed by atoms with E-state index >= 15 is 0 Å². The van der Waals surface area contributed by atoms with Crippen LogP contribution >= 0.6 is 16.8 Å². The molecule has 4 aromatic carbocycles. The van der Waals surface area contributed by atoms with Crippen LogP contribution in [0.2, 0.25) is 0 Å². The van der Waals surface area contributed by atoms with E-state index in [4.69, 9.17) is 36.0 Å². The van der Waals surface area contributed by atoms with Crippen LogP contribution in [0.4, 0.5) is 0 Å². The minimum atomic E-state index is -2.19. The van der Waals surface area contributed by atoms with Crippen LogP contribution in [0.3, 0.4) is 0 Å². The molecule has 5 aromatic rings. The molecule has 0 atom stereocenters. The van der Waals surface area contributed by atoms with Crippen molar-refractivity contribution in [1.82, 2.24) is 0 Å². The van der Waals surface area contributed by atoms with Gasteiger partial charge in [0.1, 0.15) is 22.7 Å². The third-order valence-electron chi connectivity index (χ3n) is 15.4. The Morgan fingerprint density at radius 1 is 0.395 bits per heavy atom. The Morgan fingerprint density at radius 3 is 1.04 bits per heavy atom. The van der Waals surface area contributed by atoms with Gasteiger partial charge < -0.3 is 36.0 Å². The van der Waals surface area contributed by atoms with Crippen molar-refractivity contribution in [3.05, 3.63) is 92.0 Å². The lowest BCUT2D eigenvalue weighted by Gasteiger charge is -2.45. The summed E-state index contributed by atoms with van der Waals surface area (Å²) in [5.41, 5.74) is 12.5. The highest BCUT2D eigenvalue weighted by Gasteiger charge is 2.46. The van der Waals surface area contributed by atoms with Crippen molar-refractivity contribution >= 4 is 38.8 Å². The second-order valence-corrected chi connectivity index (χ2v) is 33.4. The number of benzene rings is 4. The van der Waals surface area contributed by atoms with E-state index in [2.05, 4.69) is 216 Å². The van der Waals surface area contributed by atoms with Crippen LogP contribution in [-0.4, -0.2) is 32.2 Å². The molecule has 0 radical (unpaired) electrons. The fourth-order valence-electron chi connectivity index (χ4n) is 10.6. The highest BCUT2D eigenvalue weighted by atomic mass is 31.2. The summed E-state index contributed by atoms with van der Waals surface area (Å²) in [4.78, 5) is 0. The van der Waals surface area contributed by atoms with E-state index in [9.17, 15) is 0 Å². The molecule has 0 bridgehead atoms. The fraction of sp³-hybridized carbons (Fsp3) is 0.636. The Balaban J connectivity index is 1.66. The SMILES string of the molecule is Cc1c(C(C)(C)C)cc(C(C)(C)C)c(OP2OCC3(CO2)COC(C)(C)OC3)c1-c1c(C)c(C(C)(C)C)cc(C(C)(C)C)c1Op1oc2c(C(C)(C)C)cc(C(C)(C)C)cc2c2cc(C(C)(C)C)cc(C(C)(C)C)c2o1. The van der Waals surface area contributed by atoms with Crippen LogP contribution in [0, 0.1) is 19.3 Å². The maximum Gasteiger partial charge on any atom is 0.453 e. The Kier molecular flexibility index (Phi) is 15.6. The van der Waals surface area contributed by atoms with Gasteiger partial charge in [-0.05, 0) is 117 Å².